The molecule has 0 aliphatic heterocycles. The predicted octanol–water partition coefficient (Wildman–Crippen LogP) is 1.68. The number of hydrogen-bond donors (Lipinski definition) is 2. The Bertz CT molecular complexity index is 611. The first-order chi connectivity index (χ1) is 9.19. The topological polar surface area (TPSA) is 98.5 Å². The quantitative estimate of drug-likeness (QED) is 0.835. The van der Waals surface area contributed by atoms with Crippen molar-refractivity contribution in [3.8, 4) is 5.75 Å². The third-order valence-electron chi connectivity index (χ3n) is 3.06. The summed E-state index contributed by atoms with van der Waals surface area (Å²) in [5.74, 6) is -0.363. The molecule has 0 heterocycles. The number of methoxy groups -OCH3 is 1. The van der Waals surface area contributed by atoms with Crippen LogP contribution in [0.5, 0.6) is 5.75 Å². The van der Waals surface area contributed by atoms with E-state index in [1.807, 2.05) is 13.8 Å². The molecule has 112 valence electrons. The highest BCUT2D eigenvalue weighted by Crippen LogP contribution is 2.34. The number of nitrogens with one attached hydrogen (secondary N) is 1. The zero-order valence-corrected chi connectivity index (χ0v) is 12.9. The van der Waals surface area contributed by atoms with Crippen molar-refractivity contribution < 1.29 is 17.9 Å². The number of benzene rings is 1. The van der Waals surface area contributed by atoms with Crippen LogP contribution in [0.25, 0.3) is 0 Å². The van der Waals surface area contributed by atoms with Gasteiger partial charge in [0.15, 0.2) is 5.75 Å². The smallest absolute Gasteiger partial charge is 0.252 e. The predicted molar refractivity (Wildman–Crippen MR) is 78.7 cm³/mol. The lowest BCUT2D eigenvalue weighted by Gasteiger charge is -2.17. The summed E-state index contributed by atoms with van der Waals surface area (Å²) in [7, 11) is -2.12. The average Bonchev–Trinajstić information content (AvgIpc) is 2.34. The first kappa shape index (κ1) is 16.3. The summed E-state index contributed by atoms with van der Waals surface area (Å²) >= 11 is 0. The van der Waals surface area contributed by atoms with Crippen molar-refractivity contribution in [2.75, 3.05) is 18.1 Å². The van der Waals surface area contributed by atoms with Crippen LogP contribution in [-0.2, 0) is 10.0 Å². The summed E-state index contributed by atoms with van der Waals surface area (Å²) in [4.78, 5) is 11.5. The van der Waals surface area contributed by atoms with Crippen molar-refractivity contribution in [2.24, 2.45) is 5.73 Å². The Morgan fingerprint density at radius 1 is 1.45 bits per heavy atom. The van der Waals surface area contributed by atoms with Crippen molar-refractivity contribution in [3.05, 3.63) is 23.3 Å². The van der Waals surface area contributed by atoms with Crippen LogP contribution in [0.15, 0.2) is 12.1 Å². The molecule has 1 aromatic rings. The number of rotatable bonds is 6. The SMILES string of the molecule is CCC(C)c1cc(NS(C)(=O)=O)c(OC)c(C(N)=O)c1. The van der Waals surface area contributed by atoms with E-state index in [1.165, 1.54) is 7.11 Å². The highest BCUT2D eigenvalue weighted by molar-refractivity contribution is 7.92. The number of amides is 1. The lowest BCUT2D eigenvalue weighted by molar-refractivity contribution is 0.0997. The Labute approximate surface area is 119 Å². The molecule has 6 nitrogen and oxygen atoms in total. The Balaban J connectivity index is 3.52. The van der Waals surface area contributed by atoms with Crippen LogP contribution in [0, 0.1) is 0 Å². The summed E-state index contributed by atoms with van der Waals surface area (Å²) in [5.41, 5.74) is 6.55. The van der Waals surface area contributed by atoms with Crippen molar-refractivity contribution in [3.63, 3.8) is 0 Å². The van der Waals surface area contributed by atoms with Gasteiger partial charge in [0, 0.05) is 0 Å². The summed E-state index contributed by atoms with van der Waals surface area (Å²) in [6.45, 7) is 3.99. The summed E-state index contributed by atoms with van der Waals surface area (Å²) in [5, 5.41) is 0. The van der Waals surface area contributed by atoms with Crippen molar-refractivity contribution >= 4 is 21.6 Å². The number of primary amides is 1. The van der Waals surface area contributed by atoms with Crippen LogP contribution in [0.3, 0.4) is 0 Å². The second-order valence-electron chi connectivity index (χ2n) is 4.70. The van der Waals surface area contributed by atoms with Crippen LogP contribution in [0.4, 0.5) is 5.69 Å². The molecule has 1 amide bonds. The molecule has 7 heteroatoms. The minimum absolute atomic E-state index is 0.134. The van der Waals surface area contributed by atoms with Gasteiger partial charge in [-0.25, -0.2) is 8.42 Å². The zero-order valence-electron chi connectivity index (χ0n) is 12.1. The van der Waals surface area contributed by atoms with E-state index in [0.29, 0.717) is 0 Å². The maximum Gasteiger partial charge on any atom is 0.252 e. The lowest BCUT2D eigenvalue weighted by Crippen LogP contribution is -2.17. The minimum Gasteiger partial charge on any atom is -0.494 e. The normalized spacial score (nSPS) is 12.8. The van der Waals surface area contributed by atoms with E-state index in [1.54, 1.807) is 12.1 Å². The molecule has 1 aromatic carbocycles. The third-order valence-corrected chi connectivity index (χ3v) is 3.65. The maximum atomic E-state index is 11.5. The summed E-state index contributed by atoms with van der Waals surface area (Å²) in [6, 6.07) is 3.31. The van der Waals surface area contributed by atoms with Crippen LogP contribution in [0.2, 0.25) is 0 Å². The van der Waals surface area contributed by atoms with E-state index in [2.05, 4.69) is 4.72 Å². The number of anilines is 1. The lowest BCUT2D eigenvalue weighted by atomic mass is 9.95. The zero-order chi connectivity index (χ0) is 15.5. The van der Waals surface area contributed by atoms with Gasteiger partial charge in [0.1, 0.15) is 0 Å². The molecular weight excluding hydrogens is 280 g/mol. The van der Waals surface area contributed by atoms with E-state index in [4.69, 9.17) is 10.5 Å². The molecule has 0 saturated carbocycles. The summed E-state index contributed by atoms with van der Waals surface area (Å²) < 4.78 is 30.3. The fourth-order valence-corrected chi connectivity index (χ4v) is 2.40. The highest BCUT2D eigenvalue weighted by Gasteiger charge is 2.19. The van der Waals surface area contributed by atoms with Crippen molar-refractivity contribution in [1.82, 2.24) is 0 Å². The molecule has 1 rings (SSSR count). The van der Waals surface area contributed by atoms with Gasteiger partial charge in [-0.15, -0.1) is 0 Å². The molecular formula is C13H20N2O4S. The van der Waals surface area contributed by atoms with Crippen LogP contribution in [-0.4, -0.2) is 27.7 Å². The van der Waals surface area contributed by atoms with Crippen LogP contribution >= 0.6 is 0 Å². The number of nitrogens with two attached hydrogens (primary N) is 1. The van der Waals surface area contributed by atoms with Gasteiger partial charge in [0.05, 0.1) is 24.6 Å². The van der Waals surface area contributed by atoms with Gasteiger partial charge < -0.3 is 10.5 Å². The van der Waals surface area contributed by atoms with Crippen LogP contribution in [0.1, 0.15) is 42.1 Å². The highest BCUT2D eigenvalue weighted by atomic mass is 32.2. The Kier molecular flexibility index (Phi) is 4.99. The first-order valence-electron chi connectivity index (χ1n) is 6.19. The Hall–Kier alpha value is -1.76. The average molecular weight is 300 g/mol. The van der Waals surface area contributed by atoms with E-state index in [0.717, 1.165) is 18.2 Å². The van der Waals surface area contributed by atoms with Crippen LogP contribution < -0.4 is 15.2 Å². The molecule has 0 aromatic heterocycles. The van der Waals surface area contributed by atoms with E-state index in [9.17, 15) is 13.2 Å². The molecule has 0 spiro atoms. The van der Waals surface area contributed by atoms with Gasteiger partial charge in [0.2, 0.25) is 10.0 Å². The number of carbonyl (C=O) groups excluding carboxylic acids is 1. The molecule has 3 N–H and O–H groups in total. The van der Waals surface area contributed by atoms with Crippen molar-refractivity contribution in [1.29, 1.82) is 0 Å². The largest absolute Gasteiger partial charge is 0.494 e. The standard InChI is InChI=1S/C13H20N2O4S/c1-5-8(2)9-6-10(13(14)16)12(19-3)11(7-9)15-20(4,17)18/h6-8,15H,5H2,1-4H3,(H2,14,16). The Morgan fingerprint density at radius 3 is 2.45 bits per heavy atom. The van der Waals surface area contributed by atoms with Gasteiger partial charge in [-0.2, -0.15) is 0 Å². The third kappa shape index (κ3) is 3.86. The van der Waals surface area contributed by atoms with Gasteiger partial charge >= 0.3 is 0 Å². The van der Waals surface area contributed by atoms with Crippen molar-refractivity contribution in [2.45, 2.75) is 26.2 Å². The number of ether oxygens (including phenoxy) is 1. The fraction of sp³-hybridized carbons (Fsp3) is 0.462. The molecule has 0 aliphatic carbocycles. The number of hydrogen-bond acceptors (Lipinski definition) is 4. The molecule has 0 saturated heterocycles. The summed E-state index contributed by atoms with van der Waals surface area (Å²) in [6.07, 6.45) is 1.88. The molecule has 20 heavy (non-hydrogen) atoms. The Morgan fingerprint density at radius 2 is 2.05 bits per heavy atom. The van der Waals surface area contributed by atoms with E-state index in [-0.39, 0.29) is 22.9 Å². The molecule has 1 unspecified atom stereocenters. The molecule has 0 fully saturated rings. The van der Waals surface area contributed by atoms with E-state index >= 15 is 0 Å². The van der Waals surface area contributed by atoms with Gasteiger partial charge in [-0.3, -0.25) is 9.52 Å². The number of sulfonamides is 1. The second kappa shape index (κ2) is 6.13. The molecule has 0 bridgehead atoms. The van der Waals surface area contributed by atoms with Gasteiger partial charge in [-0.05, 0) is 30.0 Å². The van der Waals surface area contributed by atoms with Gasteiger partial charge in [-0.1, -0.05) is 13.8 Å². The maximum absolute atomic E-state index is 11.5. The van der Waals surface area contributed by atoms with Gasteiger partial charge in [0.25, 0.3) is 5.91 Å². The molecule has 0 aliphatic rings. The molecule has 1 atom stereocenters. The second-order valence-corrected chi connectivity index (χ2v) is 6.45. The molecule has 0 radical (unpaired) electrons. The number of carbonyl (C=O) groups is 1. The van der Waals surface area contributed by atoms with E-state index < -0.39 is 15.9 Å². The minimum atomic E-state index is -3.48. The monoisotopic (exact) mass is 300 g/mol. The fourth-order valence-electron chi connectivity index (χ4n) is 1.85. The first-order valence-corrected chi connectivity index (χ1v) is 8.08.